The molecule has 1 aromatic carbocycles. The molecule has 1 amide bonds. The summed E-state index contributed by atoms with van der Waals surface area (Å²) in [6.45, 7) is 4.50. The number of amides is 1. The summed E-state index contributed by atoms with van der Waals surface area (Å²) >= 11 is 0. The molecule has 2 aliphatic heterocycles. The number of rotatable bonds is 1. The van der Waals surface area contributed by atoms with Gasteiger partial charge in [0.1, 0.15) is 6.07 Å². The number of fused-ring (bicyclic) bond motifs is 1. The van der Waals surface area contributed by atoms with E-state index in [9.17, 15) is 10.1 Å². The number of hydrogen-bond donors (Lipinski definition) is 0. The van der Waals surface area contributed by atoms with E-state index < -0.39 is 0 Å². The lowest BCUT2D eigenvalue weighted by molar-refractivity contribution is -0.129. The van der Waals surface area contributed by atoms with E-state index in [1.54, 1.807) is 0 Å². The maximum absolute atomic E-state index is 11.7. The Morgan fingerprint density at radius 2 is 2.21 bits per heavy atom. The van der Waals surface area contributed by atoms with Gasteiger partial charge in [-0.1, -0.05) is 12.1 Å². The van der Waals surface area contributed by atoms with Crippen molar-refractivity contribution in [3.63, 3.8) is 0 Å². The van der Waals surface area contributed by atoms with Crippen LogP contribution in [0.15, 0.2) is 18.2 Å². The van der Waals surface area contributed by atoms with Crippen LogP contribution in [0.5, 0.6) is 0 Å². The smallest absolute Gasteiger partial charge is 0.223 e. The maximum atomic E-state index is 11.7. The van der Waals surface area contributed by atoms with Crippen molar-refractivity contribution in [1.29, 1.82) is 5.26 Å². The highest BCUT2D eigenvalue weighted by Crippen LogP contribution is 2.30. The maximum Gasteiger partial charge on any atom is 0.223 e. The number of aryl methyl sites for hydroxylation is 1. The first-order chi connectivity index (χ1) is 9.20. The lowest BCUT2D eigenvalue weighted by Gasteiger charge is -2.39. The van der Waals surface area contributed by atoms with Crippen LogP contribution in [-0.2, 0) is 4.79 Å². The molecule has 2 saturated heterocycles. The fraction of sp³-hybridized carbons (Fsp3) is 0.467. The molecule has 1 aromatic rings. The molecule has 1 unspecified atom stereocenters. The van der Waals surface area contributed by atoms with Gasteiger partial charge in [0.05, 0.1) is 11.3 Å². The quantitative estimate of drug-likeness (QED) is 0.767. The number of carbonyl (C=O) groups is 1. The second-order valence-corrected chi connectivity index (χ2v) is 5.31. The van der Waals surface area contributed by atoms with Gasteiger partial charge < -0.3 is 9.80 Å². The minimum Gasteiger partial charge on any atom is -0.366 e. The third-order valence-electron chi connectivity index (χ3n) is 4.17. The Labute approximate surface area is 113 Å². The van der Waals surface area contributed by atoms with Gasteiger partial charge in [0.25, 0.3) is 0 Å². The van der Waals surface area contributed by atoms with Crippen molar-refractivity contribution in [1.82, 2.24) is 4.90 Å². The number of nitriles is 1. The lowest BCUT2D eigenvalue weighted by atomic mass is 10.0. The van der Waals surface area contributed by atoms with E-state index in [0.29, 0.717) is 12.5 Å². The topological polar surface area (TPSA) is 47.3 Å². The number of nitrogens with zero attached hydrogens (tertiary/aromatic N) is 3. The van der Waals surface area contributed by atoms with Crippen LogP contribution in [0.2, 0.25) is 0 Å². The Kier molecular flexibility index (Phi) is 2.90. The van der Waals surface area contributed by atoms with Crippen molar-refractivity contribution >= 4 is 11.6 Å². The van der Waals surface area contributed by atoms with Crippen LogP contribution in [0.3, 0.4) is 0 Å². The first kappa shape index (κ1) is 12.0. The third-order valence-corrected chi connectivity index (χ3v) is 4.17. The van der Waals surface area contributed by atoms with Gasteiger partial charge in [-0.3, -0.25) is 4.79 Å². The van der Waals surface area contributed by atoms with E-state index in [1.807, 2.05) is 30.0 Å². The molecule has 0 spiro atoms. The molecule has 2 heterocycles. The largest absolute Gasteiger partial charge is 0.366 e. The van der Waals surface area contributed by atoms with Gasteiger partial charge in [0.15, 0.2) is 0 Å². The molecule has 98 valence electrons. The number of para-hydroxylation sites is 1. The summed E-state index contributed by atoms with van der Waals surface area (Å²) in [5, 5.41) is 9.26. The normalized spacial score (nSPS) is 22.3. The minimum absolute atomic E-state index is 0.287. The van der Waals surface area contributed by atoms with Crippen molar-refractivity contribution in [2.24, 2.45) is 0 Å². The van der Waals surface area contributed by atoms with Crippen LogP contribution in [0.1, 0.15) is 24.0 Å². The number of hydrogen-bond acceptors (Lipinski definition) is 3. The molecule has 0 N–H and O–H groups in total. The molecule has 4 nitrogen and oxygen atoms in total. The highest BCUT2D eigenvalue weighted by Gasteiger charge is 2.36. The van der Waals surface area contributed by atoms with Crippen molar-refractivity contribution < 1.29 is 4.79 Å². The van der Waals surface area contributed by atoms with Crippen LogP contribution in [0.4, 0.5) is 5.69 Å². The van der Waals surface area contributed by atoms with Gasteiger partial charge in [-0.15, -0.1) is 0 Å². The summed E-state index contributed by atoms with van der Waals surface area (Å²) in [5.74, 6) is 0.287. The predicted octanol–water partition coefficient (Wildman–Crippen LogP) is 1.68. The highest BCUT2D eigenvalue weighted by atomic mass is 16.2. The van der Waals surface area contributed by atoms with Crippen LogP contribution < -0.4 is 4.90 Å². The zero-order chi connectivity index (χ0) is 13.4. The Balaban J connectivity index is 1.89. The summed E-state index contributed by atoms with van der Waals surface area (Å²) in [5.41, 5.74) is 2.92. The van der Waals surface area contributed by atoms with Crippen LogP contribution >= 0.6 is 0 Å². The van der Waals surface area contributed by atoms with Gasteiger partial charge in [0.2, 0.25) is 5.91 Å². The molecule has 3 rings (SSSR count). The predicted molar refractivity (Wildman–Crippen MR) is 72.8 cm³/mol. The lowest BCUT2D eigenvalue weighted by Crippen LogP contribution is -2.51. The molecule has 2 fully saturated rings. The summed E-state index contributed by atoms with van der Waals surface area (Å²) in [4.78, 5) is 16.0. The van der Waals surface area contributed by atoms with E-state index in [0.717, 1.165) is 42.9 Å². The van der Waals surface area contributed by atoms with E-state index in [2.05, 4.69) is 11.0 Å². The molecule has 0 bridgehead atoms. The Bertz CT molecular complexity index is 561. The molecule has 0 aliphatic carbocycles. The molecule has 0 radical (unpaired) electrons. The Hall–Kier alpha value is -2.02. The highest BCUT2D eigenvalue weighted by molar-refractivity contribution is 5.79. The average molecular weight is 255 g/mol. The average Bonchev–Trinajstić information content (AvgIpc) is 2.79. The van der Waals surface area contributed by atoms with Gasteiger partial charge in [-0.05, 0) is 25.0 Å². The summed E-state index contributed by atoms with van der Waals surface area (Å²) < 4.78 is 0. The Morgan fingerprint density at radius 3 is 3.00 bits per heavy atom. The zero-order valence-corrected chi connectivity index (χ0v) is 11.1. The summed E-state index contributed by atoms with van der Waals surface area (Å²) in [6, 6.07) is 8.44. The summed E-state index contributed by atoms with van der Waals surface area (Å²) in [7, 11) is 0. The van der Waals surface area contributed by atoms with Crippen LogP contribution in [0.25, 0.3) is 0 Å². The summed E-state index contributed by atoms with van der Waals surface area (Å²) in [6.07, 6.45) is 1.63. The van der Waals surface area contributed by atoms with Crippen LogP contribution in [0, 0.1) is 18.3 Å². The fourth-order valence-electron chi connectivity index (χ4n) is 3.24. The number of benzene rings is 1. The van der Waals surface area contributed by atoms with Crippen molar-refractivity contribution in [2.45, 2.75) is 25.8 Å². The van der Waals surface area contributed by atoms with Crippen molar-refractivity contribution in [2.75, 3.05) is 24.5 Å². The standard InChI is InChI=1S/C15H17N3O/c1-11-3-2-4-12(9-16)15(11)17-7-8-18-13(10-17)5-6-14(18)19/h2-4,13H,5-8,10H2,1H3. The van der Waals surface area contributed by atoms with Crippen LogP contribution in [-0.4, -0.2) is 36.5 Å². The second-order valence-electron chi connectivity index (χ2n) is 5.31. The molecule has 19 heavy (non-hydrogen) atoms. The SMILES string of the molecule is Cc1cccc(C#N)c1N1CCN2C(=O)CCC2C1. The first-order valence-electron chi connectivity index (χ1n) is 6.75. The van der Waals surface area contributed by atoms with Gasteiger partial charge in [-0.2, -0.15) is 5.26 Å². The van der Waals surface area contributed by atoms with E-state index in [1.165, 1.54) is 0 Å². The molecule has 0 saturated carbocycles. The molecular weight excluding hydrogens is 238 g/mol. The molecule has 0 aromatic heterocycles. The van der Waals surface area contributed by atoms with Gasteiger partial charge >= 0.3 is 0 Å². The minimum atomic E-state index is 0.287. The van der Waals surface area contributed by atoms with Gasteiger partial charge in [0, 0.05) is 32.1 Å². The zero-order valence-electron chi connectivity index (χ0n) is 11.1. The fourth-order valence-corrected chi connectivity index (χ4v) is 3.24. The monoisotopic (exact) mass is 255 g/mol. The first-order valence-corrected chi connectivity index (χ1v) is 6.75. The van der Waals surface area contributed by atoms with E-state index >= 15 is 0 Å². The number of carbonyl (C=O) groups excluding carboxylic acids is 1. The molecular formula is C15H17N3O. The molecule has 2 aliphatic rings. The van der Waals surface area contributed by atoms with Gasteiger partial charge in [-0.25, -0.2) is 0 Å². The Morgan fingerprint density at radius 1 is 1.37 bits per heavy atom. The molecule has 1 atom stereocenters. The number of anilines is 1. The second kappa shape index (κ2) is 4.58. The van der Waals surface area contributed by atoms with Crippen molar-refractivity contribution in [3.05, 3.63) is 29.3 Å². The third kappa shape index (κ3) is 1.95. The van der Waals surface area contributed by atoms with E-state index in [-0.39, 0.29) is 5.91 Å². The van der Waals surface area contributed by atoms with Crippen molar-refractivity contribution in [3.8, 4) is 6.07 Å². The van der Waals surface area contributed by atoms with E-state index in [4.69, 9.17) is 0 Å². The molecule has 4 heteroatoms. The number of piperazine rings is 1.